The van der Waals surface area contributed by atoms with Crippen molar-refractivity contribution in [3.05, 3.63) is 29.8 Å². The molecule has 0 bridgehead atoms. The highest BCUT2D eigenvalue weighted by molar-refractivity contribution is 5.81. The van der Waals surface area contributed by atoms with Gasteiger partial charge in [-0.05, 0) is 44.0 Å². The Morgan fingerprint density at radius 3 is 2.41 bits per heavy atom. The van der Waals surface area contributed by atoms with Crippen molar-refractivity contribution < 1.29 is 9.53 Å². The average molecular weight is 299 g/mol. The highest BCUT2D eigenvalue weighted by Gasteiger charge is 2.33. The maximum atomic E-state index is 12.4. The van der Waals surface area contributed by atoms with Crippen molar-refractivity contribution >= 4 is 5.91 Å². The highest BCUT2D eigenvalue weighted by Crippen LogP contribution is 2.27. The summed E-state index contributed by atoms with van der Waals surface area (Å²) in [5.74, 6) is 0.663. The van der Waals surface area contributed by atoms with E-state index in [0.717, 1.165) is 32.2 Å². The summed E-state index contributed by atoms with van der Waals surface area (Å²) in [7, 11) is 0. The summed E-state index contributed by atoms with van der Waals surface area (Å²) in [5, 5.41) is 8.78. The lowest BCUT2D eigenvalue weighted by atomic mass is 10.2. The molecular formula is C17H21N3O2. The second kappa shape index (κ2) is 6.37. The van der Waals surface area contributed by atoms with Gasteiger partial charge in [0, 0.05) is 32.2 Å². The molecule has 1 aliphatic carbocycles. The maximum absolute atomic E-state index is 12.4. The van der Waals surface area contributed by atoms with Crippen LogP contribution >= 0.6 is 0 Å². The number of hydrogen-bond acceptors (Lipinski definition) is 4. The zero-order valence-electron chi connectivity index (χ0n) is 12.9. The number of hydrogen-bond donors (Lipinski definition) is 0. The third-order valence-electron chi connectivity index (χ3n) is 4.33. The predicted molar refractivity (Wildman–Crippen MR) is 82.4 cm³/mol. The topological polar surface area (TPSA) is 56.6 Å². The Balaban J connectivity index is 1.51. The summed E-state index contributed by atoms with van der Waals surface area (Å²) >= 11 is 0. The first-order valence-corrected chi connectivity index (χ1v) is 7.87. The van der Waals surface area contributed by atoms with Gasteiger partial charge in [0.1, 0.15) is 5.75 Å². The summed E-state index contributed by atoms with van der Waals surface area (Å²) in [5.41, 5.74) is 0.586. The molecule has 5 heteroatoms. The predicted octanol–water partition coefficient (Wildman–Crippen LogP) is 1.63. The van der Waals surface area contributed by atoms with Crippen LogP contribution in [0, 0.1) is 11.3 Å². The summed E-state index contributed by atoms with van der Waals surface area (Å²) < 4.78 is 5.70. The number of benzene rings is 1. The lowest BCUT2D eigenvalue weighted by Gasteiger charge is -2.35. The second-order valence-corrected chi connectivity index (χ2v) is 5.99. The molecule has 1 amide bonds. The Bertz CT molecular complexity index is 567. The number of nitrogens with zero attached hydrogens (tertiary/aromatic N) is 3. The lowest BCUT2D eigenvalue weighted by molar-refractivity contribution is -0.139. The molecule has 2 aliphatic rings. The van der Waals surface area contributed by atoms with Crippen LogP contribution in [0.2, 0.25) is 0 Å². The Labute approximate surface area is 131 Å². The van der Waals surface area contributed by atoms with Crippen molar-refractivity contribution in [3.8, 4) is 11.8 Å². The minimum atomic E-state index is -0.500. The third kappa shape index (κ3) is 3.40. The summed E-state index contributed by atoms with van der Waals surface area (Å²) in [6.45, 7) is 5.31. The Morgan fingerprint density at radius 2 is 1.86 bits per heavy atom. The molecule has 1 atom stereocenters. The summed E-state index contributed by atoms with van der Waals surface area (Å²) in [4.78, 5) is 16.8. The van der Waals surface area contributed by atoms with E-state index in [1.165, 1.54) is 12.8 Å². The molecule has 0 radical (unpaired) electrons. The van der Waals surface area contributed by atoms with Crippen LogP contribution in [-0.4, -0.2) is 54.0 Å². The number of ether oxygens (including phenoxy) is 1. The number of nitriles is 1. The van der Waals surface area contributed by atoms with Crippen molar-refractivity contribution in [2.24, 2.45) is 0 Å². The monoisotopic (exact) mass is 299 g/mol. The van der Waals surface area contributed by atoms with Gasteiger partial charge in [-0.25, -0.2) is 0 Å². The summed E-state index contributed by atoms with van der Waals surface area (Å²) in [6, 6.07) is 9.68. The van der Waals surface area contributed by atoms with Gasteiger partial charge in [-0.3, -0.25) is 9.69 Å². The highest BCUT2D eigenvalue weighted by atomic mass is 16.5. The normalized spacial score (nSPS) is 20.3. The molecule has 1 aliphatic heterocycles. The molecule has 0 spiro atoms. The first-order valence-electron chi connectivity index (χ1n) is 7.87. The molecule has 1 heterocycles. The molecule has 116 valence electrons. The minimum Gasteiger partial charge on any atom is -0.481 e. The quantitative estimate of drug-likeness (QED) is 0.848. The fourth-order valence-corrected chi connectivity index (χ4v) is 2.87. The van der Waals surface area contributed by atoms with Crippen LogP contribution in [0.25, 0.3) is 0 Å². The summed E-state index contributed by atoms with van der Waals surface area (Å²) in [6.07, 6.45) is 2.12. The van der Waals surface area contributed by atoms with Crippen LogP contribution in [0.4, 0.5) is 0 Å². The smallest absolute Gasteiger partial charge is 0.263 e. The van der Waals surface area contributed by atoms with Gasteiger partial charge in [0.05, 0.1) is 11.6 Å². The molecule has 3 rings (SSSR count). The van der Waals surface area contributed by atoms with Crippen LogP contribution in [0.5, 0.6) is 5.75 Å². The number of piperazine rings is 1. The number of carbonyl (C=O) groups excluding carboxylic acids is 1. The fourth-order valence-electron chi connectivity index (χ4n) is 2.87. The van der Waals surface area contributed by atoms with Crippen molar-refractivity contribution in [3.63, 3.8) is 0 Å². The van der Waals surface area contributed by atoms with Crippen LogP contribution < -0.4 is 4.74 Å². The largest absolute Gasteiger partial charge is 0.481 e. The number of amides is 1. The fraction of sp³-hybridized carbons (Fsp3) is 0.529. The molecular weight excluding hydrogens is 278 g/mol. The maximum Gasteiger partial charge on any atom is 0.263 e. The van der Waals surface area contributed by atoms with Crippen LogP contribution in [-0.2, 0) is 4.79 Å². The van der Waals surface area contributed by atoms with Gasteiger partial charge in [0.25, 0.3) is 5.91 Å². The molecule has 2 fully saturated rings. The molecule has 1 saturated carbocycles. The second-order valence-electron chi connectivity index (χ2n) is 5.99. The molecule has 0 aromatic heterocycles. The zero-order valence-corrected chi connectivity index (χ0v) is 12.9. The van der Waals surface area contributed by atoms with E-state index < -0.39 is 6.10 Å². The SMILES string of the molecule is C[C@H](Oc1ccc(C#N)cc1)C(=O)N1CCN(C2CC2)CC1. The van der Waals surface area contributed by atoms with Crippen LogP contribution in [0.3, 0.4) is 0 Å². The number of rotatable bonds is 4. The number of carbonyl (C=O) groups is 1. The van der Waals surface area contributed by atoms with Crippen molar-refractivity contribution in [2.75, 3.05) is 26.2 Å². The van der Waals surface area contributed by atoms with E-state index in [-0.39, 0.29) is 5.91 Å². The molecule has 22 heavy (non-hydrogen) atoms. The van der Waals surface area contributed by atoms with Crippen molar-refractivity contribution in [1.29, 1.82) is 5.26 Å². The molecule has 1 aromatic carbocycles. The minimum absolute atomic E-state index is 0.0415. The van der Waals surface area contributed by atoms with Crippen molar-refractivity contribution in [2.45, 2.75) is 31.9 Å². The molecule has 5 nitrogen and oxygen atoms in total. The van der Waals surface area contributed by atoms with E-state index in [9.17, 15) is 4.79 Å². The van der Waals surface area contributed by atoms with Gasteiger partial charge in [-0.1, -0.05) is 0 Å². The van der Waals surface area contributed by atoms with Gasteiger partial charge >= 0.3 is 0 Å². The lowest BCUT2D eigenvalue weighted by Crippen LogP contribution is -2.52. The van der Waals surface area contributed by atoms with Crippen LogP contribution in [0.15, 0.2) is 24.3 Å². The Morgan fingerprint density at radius 1 is 1.23 bits per heavy atom. The van der Waals surface area contributed by atoms with E-state index in [1.54, 1.807) is 31.2 Å². The van der Waals surface area contributed by atoms with Gasteiger partial charge in [-0.2, -0.15) is 5.26 Å². The van der Waals surface area contributed by atoms with Gasteiger partial charge < -0.3 is 9.64 Å². The third-order valence-corrected chi connectivity index (χ3v) is 4.33. The molecule has 0 unspecified atom stereocenters. The van der Waals surface area contributed by atoms with Crippen molar-refractivity contribution in [1.82, 2.24) is 9.80 Å². The molecule has 1 saturated heterocycles. The van der Waals surface area contributed by atoms with E-state index in [4.69, 9.17) is 10.00 Å². The first-order chi connectivity index (χ1) is 10.7. The van der Waals surface area contributed by atoms with E-state index in [2.05, 4.69) is 11.0 Å². The molecule has 1 aromatic rings. The van der Waals surface area contributed by atoms with Gasteiger partial charge in [-0.15, -0.1) is 0 Å². The van der Waals surface area contributed by atoms with E-state index in [0.29, 0.717) is 11.3 Å². The standard InChI is InChI=1S/C17H21N3O2/c1-13(22-16-6-2-14(12-18)3-7-16)17(21)20-10-8-19(9-11-20)15-4-5-15/h2-3,6-7,13,15H,4-5,8-11H2,1H3/t13-/m0/s1. The Kier molecular flexibility index (Phi) is 4.30. The Hall–Kier alpha value is -2.06. The van der Waals surface area contributed by atoms with E-state index in [1.807, 2.05) is 4.90 Å². The average Bonchev–Trinajstić information content (AvgIpc) is 3.40. The van der Waals surface area contributed by atoms with E-state index >= 15 is 0 Å². The van der Waals surface area contributed by atoms with Crippen LogP contribution in [0.1, 0.15) is 25.3 Å². The first kappa shape index (κ1) is 14.9. The van der Waals surface area contributed by atoms with Gasteiger partial charge in [0.2, 0.25) is 0 Å². The van der Waals surface area contributed by atoms with Gasteiger partial charge in [0.15, 0.2) is 6.10 Å². The molecule has 0 N–H and O–H groups in total. The zero-order chi connectivity index (χ0) is 15.5.